The second-order valence-electron chi connectivity index (χ2n) is 5.54. The third-order valence-electron chi connectivity index (χ3n) is 4.17. The lowest BCUT2D eigenvalue weighted by atomic mass is 9.99. The summed E-state index contributed by atoms with van der Waals surface area (Å²) >= 11 is 0. The Kier molecular flexibility index (Phi) is 3.86. The number of fused-ring (bicyclic) bond motifs is 1. The fraction of sp³-hybridized carbons (Fsp3) is 0.278. The number of benzene rings is 1. The average Bonchev–Trinajstić information content (AvgIpc) is 2.79. The van der Waals surface area contributed by atoms with Gasteiger partial charge in [0, 0.05) is 23.5 Å². The fourth-order valence-corrected chi connectivity index (χ4v) is 3.14. The van der Waals surface area contributed by atoms with Gasteiger partial charge in [-0.3, -0.25) is 4.79 Å². The van der Waals surface area contributed by atoms with E-state index in [-0.39, 0.29) is 0 Å². The highest BCUT2D eigenvalue weighted by atomic mass is 16.6. The minimum absolute atomic E-state index is 0.432. The van der Waals surface area contributed by atoms with Crippen molar-refractivity contribution in [3.8, 4) is 22.6 Å². The van der Waals surface area contributed by atoms with Crippen LogP contribution in [0.25, 0.3) is 11.1 Å². The van der Waals surface area contributed by atoms with Gasteiger partial charge < -0.3 is 19.8 Å². The molecule has 0 fully saturated rings. The van der Waals surface area contributed by atoms with Crippen molar-refractivity contribution in [2.24, 2.45) is 5.73 Å². The van der Waals surface area contributed by atoms with Gasteiger partial charge in [0.15, 0.2) is 11.5 Å². The van der Waals surface area contributed by atoms with Crippen LogP contribution in [0.15, 0.2) is 30.9 Å². The van der Waals surface area contributed by atoms with E-state index < -0.39 is 5.91 Å². The van der Waals surface area contributed by atoms with Crippen LogP contribution in [0.4, 0.5) is 0 Å². The van der Waals surface area contributed by atoms with Crippen molar-refractivity contribution >= 4 is 5.91 Å². The number of primary amides is 1. The van der Waals surface area contributed by atoms with Crippen molar-refractivity contribution in [2.75, 3.05) is 13.2 Å². The molecule has 2 N–H and O–H groups in total. The Morgan fingerprint density at radius 3 is 2.61 bits per heavy atom. The van der Waals surface area contributed by atoms with Crippen LogP contribution in [-0.2, 0) is 6.54 Å². The summed E-state index contributed by atoms with van der Waals surface area (Å²) in [6, 6.07) is 5.70. The topological polar surface area (TPSA) is 66.5 Å². The third kappa shape index (κ3) is 2.48. The number of hydrogen-bond donors (Lipinski definition) is 1. The highest BCUT2D eigenvalue weighted by Crippen LogP contribution is 2.38. The van der Waals surface area contributed by atoms with Gasteiger partial charge in [0.05, 0.1) is 5.56 Å². The number of amides is 1. The van der Waals surface area contributed by atoms with Crippen molar-refractivity contribution in [3.05, 3.63) is 47.8 Å². The SMILES string of the molecule is C=CCn1c(C)c(C(N)=O)c(-c2ccc3c(c2)OCCO3)c1C. The van der Waals surface area contributed by atoms with Crippen LogP contribution in [0.2, 0.25) is 0 Å². The first kappa shape index (κ1) is 15.2. The lowest BCUT2D eigenvalue weighted by Gasteiger charge is -2.19. The predicted molar refractivity (Wildman–Crippen MR) is 89.0 cm³/mol. The van der Waals surface area contributed by atoms with E-state index in [0.717, 1.165) is 28.3 Å². The van der Waals surface area contributed by atoms with Crippen LogP contribution in [0.5, 0.6) is 11.5 Å². The van der Waals surface area contributed by atoms with Gasteiger partial charge in [-0.25, -0.2) is 0 Å². The molecule has 2 heterocycles. The van der Waals surface area contributed by atoms with Crippen molar-refractivity contribution < 1.29 is 14.3 Å². The van der Waals surface area contributed by atoms with Crippen molar-refractivity contribution in [1.82, 2.24) is 4.57 Å². The molecular weight excluding hydrogens is 292 g/mol. The molecule has 23 heavy (non-hydrogen) atoms. The number of hydrogen-bond acceptors (Lipinski definition) is 3. The van der Waals surface area contributed by atoms with Gasteiger partial charge in [-0.2, -0.15) is 0 Å². The molecule has 3 rings (SSSR count). The summed E-state index contributed by atoms with van der Waals surface area (Å²) in [5, 5.41) is 0. The molecule has 5 nitrogen and oxygen atoms in total. The summed E-state index contributed by atoms with van der Waals surface area (Å²) in [5.41, 5.74) is 9.74. The van der Waals surface area contributed by atoms with Crippen LogP contribution in [0.3, 0.4) is 0 Å². The molecular formula is C18H20N2O3. The number of carbonyl (C=O) groups excluding carboxylic acids is 1. The molecule has 0 unspecified atom stereocenters. The van der Waals surface area contributed by atoms with Crippen LogP contribution < -0.4 is 15.2 Å². The first-order valence-corrected chi connectivity index (χ1v) is 7.55. The second kappa shape index (κ2) is 5.83. The minimum atomic E-state index is -0.432. The number of carbonyl (C=O) groups is 1. The van der Waals surface area contributed by atoms with Gasteiger partial charge in [-0.15, -0.1) is 6.58 Å². The molecule has 0 atom stereocenters. The summed E-state index contributed by atoms with van der Waals surface area (Å²) in [6.45, 7) is 9.36. The van der Waals surface area contributed by atoms with Gasteiger partial charge in [-0.1, -0.05) is 12.1 Å². The second-order valence-corrected chi connectivity index (χ2v) is 5.54. The van der Waals surface area contributed by atoms with Gasteiger partial charge in [-0.05, 0) is 31.5 Å². The molecule has 0 saturated carbocycles. The van der Waals surface area contributed by atoms with E-state index in [1.54, 1.807) is 6.08 Å². The maximum Gasteiger partial charge on any atom is 0.251 e. The largest absolute Gasteiger partial charge is 0.486 e. The van der Waals surface area contributed by atoms with E-state index in [4.69, 9.17) is 15.2 Å². The molecule has 1 aromatic heterocycles. The monoisotopic (exact) mass is 312 g/mol. The standard InChI is InChI=1S/C18H20N2O3/c1-4-7-20-11(2)16(17(12(20)3)18(19)21)13-5-6-14-15(10-13)23-9-8-22-14/h4-6,10H,1,7-9H2,2-3H3,(H2,19,21). The van der Waals surface area contributed by atoms with Crippen LogP contribution in [-0.4, -0.2) is 23.7 Å². The smallest absolute Gasteiger partial charge is 0.251 e. The van der Waals surface area contributed by atoms with Crippen LogP contribution >= 0.6 is 0 Å². The van der Waals surface area contributed by atoms with E-state index in [2.05, 4.69) is 6.58 Å². The molecule has 120 valence electrons. The summed E-state index contributed by atoms with van der Waals surface area (Å²) in [6.07, 6.45) is 1.80. The zero-order valence-corrected chi connectivity index (χ0v) is 13.4. The van der Waals surface area contributed by atoms with Crippen molar-refractivity contribution in [2.45, 2.75) is 20.4 Å². The Labute approximate surface area is 135 Å². The number of nitrogens with two attached hydrogens (primary N) is 1. The molecule has 0 saturated heterocycles. The number of ether oxygens (including phenoxy) is 2. The molecule has 5 heteroatoms. The number of nitrogens with zero attached hydrogens (tertiary/aromatic N) is 1. The zero-order valence-electron chi connectivity index (χ0n) is 13.4. The average molecular weight is 312 g/mol. The number of allylic oxidation sites excluding steroid dienone is 1. The Hall–Kier alpha value is -2.69. The van der Waals surface area contributed by atoms with Crippen molar-refractivity contribution in [1.29, 1.82) is 0 Å². The lowest BCUT2D eigenvalue weighted by molar-refractivity contribution is 0.1000. The molecule has 1 aromatic carbocycles. The molecule has 0 bridgehead atoms. The summed E-state index contributed by atoms with van der Waals surface area (Å²) < 4.78 is 13.2. The van der Waals surface area contributed by atoms with Crippen molar-refractivity contribution in [3.63, 3.8) is 0 Å². The van der Waals surface area contributed by atoms with Crippen LogP contribution in [0.1, 0.15) is 21.7 Å². The van der Waals surface area contributed by atoms with Gasteiger partial charge >= 0.3 is 0 Å². The van der Waals surface area contributed by atoms with E-state index in [9.17, 15) is 4.79 Å². The third-order valence-corrected chi connectivity index (χ3v) is 4.17. The number of rotatable bonds is 4. The predicted octanol–water partition coefficient (Wildman–Crippen LogP) is 2.83. The zero-order chi connectivity index (χ0) is 16.6. The lowest BCUT2D eigenvalue weighted by Crippen LogP contribution is -2.15. The Morgan fingerprint density at radius 1 is 1.26 bits per heavy atom. The van der Waals surface area contributed by atoms with E-state index in [0.29, 0.717) is 31.1 Å². The molecule has 0 aliphatic carbocycles. The van der Waals surface area contributed by atoms with Gasteiger partial charge in [0.2, 0.25) is 0 Å². The number of aromatic nitrogens is 1. The highest BCUT2D eigenvalue weighted by molar-refractivity contribution is 6.02. The van der Waals surface area contributed by atoms with Gasteiger partial charge in [0.25, 0.3) is 5.91 Å². The molecule has 0 spiro atoms. The molecule has 1 amide bonds. The maximum absolute atomic E-state index is 12.0. The van der Waals surface area contributed by atoms with E-state index in [1.165, 1.54) is 0 Å². The summed E-state index contributed by atoms with van der Waals surface area (Å²) in [4.78, 5) is 12.0. The van der Waals surface area contributed by atoms with E-state index >= 15 is 0 Å². The van der Waals surface area contributed by atoms with E-state index in [1.807, 2.05) is 36.6 Å². The Morgan fingerprint density at radius 2 is 1.96 bits per heavy atom. The minimum Gasteiger partial charge on any atom is -0.486 e. The summed E-state index contributed by atoms with van der Waals surface area (Å²) in [5.74, 6) is 0.983. The maximum atomic E-state index is 12.0. The quantitative estimate of drug-likeness (QED) is 0.883. The molecule has 1 aliphatic heterocycles. The molecule has 0 radical (unpaired) electrons. The van der Waals surface area contributed by atoms with Crippen LogP contribution in [0, 0.1) is 13.8 Å². The first-order valence-electron chi connectivity index (χ1n) is 7.55. The molecule has 1 aliphatic rings. The van der Waals surface area contributed by atoms with Gasteiger partial charge in [0.1, 0.15) is 13.2 Å². The Balaban J connectivity index is 2.21. The fourth-order valence-electron chi connectivity index (χ4n) is 3.14. The summed E-state index contributed by atoms with van der Waals surface area (Å²) in [7, 11) is 0. The molecule has 2 aromatic rings. The highest BCUT2D eigenvalue weighted by Gasteiger charge is 2.23. The normalized spacial score (nSPS) is 13.0. The Bertz CT molecular complexity index is 790. The first-order chi connectivity index (χ1) is 11.0.